The molecule has 1 amide bonds. The first-order chi connectivity index (χ1) is 24.2. The van der Waals surface area contributed by atoms with Gasteiger partial charge >= 0.3 is 0 Å². The number of nitrogens with zero attached hydrogens (tertiary/aromatic N) is 5. The molecule has 0 aliphatic carbocycles. The van der Waals surface area contributed by atoms with Gasteiger partial charge in [-0.2, -0.15) is 0 Å². The summed E-state index contributed by atoms with van der Waals surface area (Å²) < 4.78 is 33.7. The summed E-state index contributed by atoms with van der Waals surface area (Å²) in [6.07, 6.45) is 4.00. The number of aryl methyl sites for hydroxylation is 1. The molecule has 8 rings (SSSR count). The largest absolute Gasteiger partial charge is 0.462 e. The Kier molecular flexibility index (Phi) is 8.28. The first-order valence-corrected chi connectivity index (χ1v) is 17.0. The lowest BCUT2D eigenvalue weighted by Gasteiger charge is -2.29. The molecule has 2 aliphatic heterocycles. The van der Waals surface area contributed by atoms with Gasteiger partial charge in [-0.05, 0) is 76.2 Å². The van der Waals surface area contributed by atoms with Gasteiger partial charge < -0.3 is 28.8 Å². The summed E-state index contributed by atoms with van der Waals surface area (Å²) in [4.78, 5) is 32.6. The summed E-state index contributed by atoms with van der Waals surface area (Å²) in [7, 11) is 3.43. The Morgan fingerprint density at radius 1 is 1.08 bits per heavy atom. The number of hydrogen-bond acceptors (Lipinski definition) is 7. The number of likely N-dealkylation sites (tertiary alicyclic amines) is 1. The molecule has 3 atom stereocenters. The highest BCUT2D eigenvalue weighted by molar-refractivity contribution is 5.92. The molecule has 2 aromatic carbocycles. The zero-order valence-corrected chi connectivity index (χ0v) is 28.6. The van der Waals surface area contributed by atoms with Crippen molar-refractivity contribution in [1.82, 2.24) is 34.3 Å². The number of H-pyrrole nitrogens is 2. The van der Waals surface area contributed by atoms with Gasteiger partial charge in [-0.15, -0.1) is 0 Å². The normalized spacial score (nSPS) is 17.7. The van der Waals surface area contributed by atoms with Gasteiger partial charge in [0.15, 0.2) is 5.76 Å². The van der Waals surface area contributed by atoms with Gasteiger partial charge in [-0.25, -0.2) is 14.4 Å². The van der Waals surface area contributed by atoms with Gasteiger partial charge in [0, 0.05) is 42.3 Å². The van der Waals surface area contributed by atoms with E-state index in [1.165, 1.54) is 7.11 Å². The molecule has 3 unspecified atom stereocenters. The maximum Gasteiger partial charge on any atom is 0.249 e. The number of aromatic nitrogens is 5. The number of aromatic amines is 2. The van der Waals surface area contributed by atoms with E-state index in [1.54, 1.807) is 6.92 Å². The van der Waals surface area contributed by atoms with E-state index in [0.29, 0.717) is 25.4 Å². The molecule has 6 heterocycles. The van der Waals surface area contributed by atoms with Gasteiger partial charge in [-0.1, -0.05) is 12.1 Å². The van der Waals surface area contributed by atoms with Crippen molar-refractivity contribution in [2.45, 2.75) is 51.7 Å². The van der Waals surface area contributed by atoms with Crippen molar-refractivity contribution < 1.29 is 23.1 Å². The van der Waals surface area contributed by atoms with Crippen molar-refractivity contribution >= 4 is 16.8 Å². The molecule has 50 heavy (non-hydrogen) atoms. The Labute approximate surface area is 289 Å². The predicted octanol–water partition coefficient (Wildman–Crippen LogP) is 7.03. The topological polar surface area (TPSA) is 117 Å². The molecule has 1 fully saturated rings. The lowest BCUT2D eigenvalue weighted by Crippen LogP contribution is -2.33. The van der Waals surface area contributed by atoms with Gasteiger partial charge in [0.25, 0.3) is 0 Å². The van der Waals surface area contributed by atoms with Crippen LogP contribution in [0.25, 0.3) is 44.7 Å². The second kappa shape index (κ2) is 12.9. The first-order valence-electron chi connectivity index (χ1n) is 17.0. The van der Waals surface area contributed by atoms with E-state index >= 15 is 0 Å². The lowest BCUT2D eigenvalue weighted by atomic mass is 10.0. The summed E-state index contributed by atoms with van der Waals surface area (Å²) in [5.74, 6) is 3.77. The third kappa shape index (κ3) is 5.88. The molecule has 11 nitrogen and oxygen atoms in total. The maximum atomic E-state index is 13.5. The van der Waals surface area contributed by atoms with Crippen LogP contribution in [-0.2, 0) is 16.1 Å². The molecule has 258 valence electrons. The van der Waals surface area contributed by atoms with E-state index in [1.807, 2.05) is 54.4 Å². The Morgan fingerprint density at radius 3 is 2.68 bits per heavy atom. The Morgan fingerprint density at radius 2 is 1.88 bits per heavy atom. The zero-order valence-electron chi connectivity index (χ0n) is 28.6. The van der Waals surface area contributed by atoms with E-state index in [9.17, 15) is 9.18 Å². The van der Waals surface area contributed by atoms with Crippen molar-refractivity contribution in [1.29, 1.82) is 0 Å². The molecular formula is C38H40FN7O4. The van der Waals surface area contributed by atoms with Gasteiger partial charge in [0.2, 0.25) is 12.1 Å². The van der Waals surface area contributed by atoms with Gasteiger partial charge in [-0.3, -0.25) is 14.3 Å². The van der Waals surface area contributed by atoms with Crippen LogP contribution in [0.1, 0.15) is 55.2 Å². The average Bonchev–Trinajstić information content (AvgIpc) is 3.93. The van der Waals surface area contributed by atoms with Crippen LogP contribution in [0.2, 0.25) is 0 Å². The van der Waals surface area contributed by atoms with E-state index in [-0.39, 0.29) is 18.6 Å². The quantitative estimate of drug-likeness (QED) is 0.160. The molecule has 4 aromatic heterocycles. The predicted molar refractivity (Wildman–Crippen MR) is 187 cm³/mol. The lowest BCUT2D eigenvalue weighted by molar-refractivity contribution is -0.136. The van der Waals surface area contributed by atoms with Crippen molar-refractivity contribution in [3.63, 3.8) is 0 Å². The van der Waals surface area contributed by atoms with Crippen LogP contribution in [0, 0.1) is 6.92 Å². The third-order valence-corrected chi connectivity index (χ3v) is 9.56. The number of rotatable bonds is 10. The van der Waals surface area contributed by atoms with Crippen molar-refractivity contribution in [2.24, 2.45) is 0 Å². The van der Waals surface area contributed by atoms with Crippen LogP contribution < -0.4 is 4.74 Å². The Hall–Kier alpha value is -5.20. The molecular weight excluding hydrogens is 637 g/mol. The van der Waals surface area contributed by atoms with Crippen molar-refractivity contribution in [3.8, 4) is 39.5 Å². The van der Waals surface area contributed by atoms with Crippen molar-refractivity contribution in [3.05, 3.63) is 90.2 Å². The summed E-state index contributed by atoms with van der Waals surface area (Å²) >= 11 is 0. The highest BCUT2D eigenvalue weighted by Gasteiger charge is 2.33. The Balaban J connectivity index is 1.13. The first kappa shape index (κ1) is 32.0. The molecule has 0 radical (unpaired) electrons. The van der Waals surface area contributed by atoms with Crippen LogP contribution in [0.4, 0.5) is 4.39 Å². The number of amides is 1. The molecule has 12 heteroatoms. The minimum absolute atomic E-state index is 0.0288. The highest BCUT2D eigenvalue weighted by atomic mass is 19.1. The zero-order chi connectivity index (χ0) is 34.5. The molecule has 2 aliphatic rings. The fourth-order valence-electron chi connectivity index (χ4n) is 7.36. The number of ether oxygens (including phenoxy) is 2. The number of carbonyl (C=O) groups is 1. The monoisotopic (exact) mass is 677 g/mol. The number of hydrogen-bond donors (Lipinski definition) is 2. The molecule has 0 bridgehead atoms. The van der Waals surface area contributed by atoms with Crippen LogP contribution in [0.15, 0.2) is 71.4 Å². The number of benzene rings is 2. The number of alkyl halides is 1. The summed E-state index contributed by atoms with van der Waals surface area (Å²) in [6.45, 7) is 5.12. The summed E-state index contributed by atoms with van der Waals surface area (Å²) in [5.41, 5.74) is 6.67. The average molecular weight is 678 g/mol. The maximum absolute atomic E-state index is 13.5. The van der Waals surface area contributed by atoms with E-state index in [0.717, 1.165) is 80.7 Å². The van der Waals surface area contributed by atoms with E-state index < -0.39 is 12.4 Å². The van der Waals surface area contributed by atoms with Crippen LogP contribution in [0.3, 0.4) is 0 Å². The van der Waals surface area contributed by atoms with E-state index in [4.69, 9.17) is 18.9 Å². The highest BCUT2D eigenvalue weighted by Crippen LogP contribution is 2.46. The number of imidazole rings is 2. The van der Waals surface area contributed by atoms with Crippen molar-refractivity contribution in [2.75, 3.05) is 33.9 Å². The SMILES string of the molecule is COCC(=O)N1CCCC1c1ncc(-c2ccc3c(c2)OC(c2ccc(C)o2)n2c-3cc3cc(-c4cnc(CN(C)CC(C)F)[nH]4)ccc32)[nH]1. The second-order valence-corrected chi connectivity index (χ2v) is 13.4. The third-order valence-electron chi connectivity index (χ3n) is 9.56. The number of fused-ring (bicyclic) bond motifs is 5. The number of nitrogens with one attached hydrogen (secondary N) is 2. The molecule has 2 N–H and O–H groups in total. The van der Waals surface area contributed by atoms with Gasteiger partial charge in [0.1, 0.15) is 35.9 Å². The summed E-state index contributed by atoms with van der Waals surface area (Å²) in [6, 6.07) is 18.5. The fourth-order valence-corrected chi connectivity index (χ4v) is 7.36. The molecule has 0 spiro atoms. The summed E-state index contributed by atoms with van der Waals surface area (Å²) in [5, 5.41) is 1.05. The number of furan rings is 1. The fraction of sp³-hybridized carbons (Fsp3) is 0.342. The van der Waals surface area contributed by atoms with Crippen LogP contribution in [0.5, 0.6) is 5.75 Å². The van der Waals surface area contributed by atoms with E-state index in [2.05, 4.69) is 55.9 Å². The smallest absolute Gasteiger partial charge is 0.249 e. The standard InChI is InChI=1S/C38H40FN7O4/c1-22(39)19-44(3)20-35-40-17-28(42-35)24-9-11-30-26(14-24)15-32-27-10-8-25(16-34(27)50-38(46(30)32)33-12-7-23(2)49-33)29-18-41-37(43-29)31-6-5-13-45(31)36(47)21-48-4/h7-12,14-18,22,31,38H,5-6,13,19-21H2,1-4H3,(H,40,42)(H,41,43). The van der Waals surface area contributed by atoms with Gasteiger partial charge in [0.05, 0.1) is 47.6 Å². The minimum atomic E-state index is -0.904. The number of methoxy groups -OCH3 is 1. The second-order valence-electron chi connectivity index (χ2n) is 13.4. The Bertz CT molecular complexity index is 2180. The number of carbonyl (C=O) groups excluding carboxylic acids is 1. The van der Waals surface area contributed by atoms with Crippen LogP contribution >= 0.6 is 0 Å². The molecule has 6 aromatic rings. The molecule has 0 saturated carbocycles. The minimum Gasteiger partial charge on any atom is -0.462 e. The number of halogens is 1. The van der Waals surface area contributed by atoms with Crippen LogP contribution in [-0.4, -0.2) is 80.2 Å². The molecule has 1 saturated heterocycles.